The Labute approximate surface area is 195 Å². The first-order chi connectivity index (χ1) is 15.6. The number of halogens is 1. The molecular weight excluding hydrogens is 470 g/mol. The number of ether oxygens (including phenoxy) is 3. The Morgan fingerprint density at radius 2 is 1.91 bits per heavy atom. The summed E-state index contributed by atoms with van der Waals surface area (Å²) in [5, 5.41) is 0. The molecule has 0 fully saturated rings. The molecule has 0 aromatic heterocycles. The third-order valence-electron chi connectivity index (χ3n) is 5.76. The normalized spacial score (nSPS) is 16.3. The summed E-state index contributed by atoms with van der Waals surface area (Å²) >= 11 is 3.53. The van der Waals surface area contributed by atoms with Gasteiger partial charge in [0.25, 0.3) is 0 Å². The smallest absolute Gasteiger partial charge is 0.231 e. The summed E-state index contributed by atoms with van der Waals surface area (Å²) in [7, 11) is 1.69. The lowest BCUT2D eigenvalue weighted by molar-refractivity contribution is 0.0948. The number of allylic oxidation sites excluding steroid dienone is 1. The van der Waals surface area contributed by atoms with Crippen molar-refractivity contribution < 1.29 is 19.0 Å². The fourth-order valence-corrected chi connectivity index (χ4v) is 4.47. The van der Waals surface area contributed by atoms with Gasteiger partial charge in [0.15, 0.2) is 5.76 Å². The third-order valence-corrected chi connectivity index (χ3v) is 6.49. The zero-order chi connectivity index (χ0) is 22.1. The number of Topliss-reactive ketones (excluding diaryl/α,β-unsaturated/α-hetero) is 1. The molecule has 5 rings (SSSR count). The van der Waals surface area contributed by atoms with Gasteiger partial charge < -0.3 is 14.2 Å². The van der Waals surface area contributed by atoms with Crippen molar-refractivity contribution in [3.63, 3.8) is 0 Å². The van der Waals surface area contributed by atoms with E-state index in [-0.39, 0.29) is 5.78 Å². The van der Waals surface area contributed by atoms with Gasteiger partial charge in [0.05, 0.1) is 18.2 Å². The Balaban J connectivity index is 1.37. The van der Waals surface area contributed by atoms with Crippen LogP contribution in [0, 0.1) is 0 Å². The largest absolute Gasteiger partial charge is 0.496 e. The van der Waals surface area contributed by atoms with Crippen molar-refractivity contribution in [3.8, 4) is 17.2 Å². The van der Waals surface area contributed by atoms with Crippen molar-refractivity contribution in [1.29, 1.82) is 0 Å². The van der Waals surface area contributed by atoms with E-state index in [1.807, 2.05) is 48.5 Å². The van der Waals surface area contributed by atoms with Crippen LogP contribution in [-0.2, 0) is 13.0 Å². The van der Waals surface area contributed by atoms with Crippen LogP contribution in [-0.4, -0.2) is 31.1 Å². The van der Waals surface area contributed by atoms with Gasteiger partial charge in [0, 0.05) is 17.6 Å². The van der Waals surface area contributed by atoms with Crippen molar-refractivity contribution in [2.45, 2.75) is 13.0 Å². The van der Waals surface area contributed by atoms with Crippen LogP contribution in [0.2, 0.25) is 0 Å². The van der Waals surface area contributed by atoms with Gasteiger partial charge in [-0.25, -0.2) is 0 Å². The maximum Gasteiger partial charge on any atom is 0.231 e. The van der Waals surface area contributed by atoms with Crippen LogP contribution in [0.15, 0.2) is 70.9 Å². The summed E-state index contributed by atoms with van der Waals surface area (Å²) in [5.74, 6) is 2.48. The minimum Gasteiger partial charge on any atom is -0.496 e. The number of rotatable bonds is 5. The molecule has 0 unspecified atom stereocenters. The maximum atomic E-state index is 13.0. The monoisotopic (exact) mass is 491 g/mol. The molecule has 2 heterocycles. The van der Waals surface area contributed by atoms with E-state index in [1.165, 1.54) is 0 Å². The Morgan fingerprint density at radius 3 is 2.75 bits per heavy atom. The summed E-state index contributed by atoms with van der Waals surface area (Å²) in [6.45, 7) is 1.95. The standard InChI is InChI=1S/C26H22BrNO4/c1-30-22-9-5-3-6-17(22)12-13-28-15-20-23(31-16-28)11-10-19-25(29)24(32-26(19)20)14-18-7-2-4-8-21(18)27/h2-11,14H,12-13,15-16H2,1H3/b24-14-. The Morgan fingerprint density at radius 1 is 1.09 bits per heavy atom. The second kappa shape index (κ2) is 8.81. The number of methoxy groups -OCH3 is 1. The van der Waals surface area contributed by atoms with E-state index in [9.17, 15) is 4.79 Å². The minimum atomic E-state index is -0.107. The second-order valence-electron chi connectivity index (χ2n) is 7.77. The first kappa shape index (κ1) is 20.8. The highest BCUT2D eigenvalue weighted by Crippen LogP contribution is 2.42. The molecule has 0 N–H and O–H groups in total. The molecule has 3 aromatic rings. The Bertz CT molecular complexity index is 1220. The first-order valence-corrected chi connectivity index (χ1v) is 11.2. The van der Waals surface area contributed by atoms with Gasteiger partial charge in [-0.3, -0.25) is 9.69 Å². The van der Waals surface area contributed by atoms with E-state index < -0.39 is 0 Å². The number of ketones is 1. The molecule has 2 aliphatic rings. The molecule has 0 aliphatic carbocycles. The third kappa shape index (κ3) is 3.92. The SMILES string of the molecule is COc1ccccc1CCN1COc2ccc3c(c2C1)O/C(=C\c1ccccc1Br)C3=O. The number of fused-ring (bicyclic) bond motifs is 3. The van der Waals surface area contributed by atoms with Gasteiger partial charge in [-0.05, 0) is 47.9 Å². The average molecular weight is 492 g/mol. The fraction of sp³-hybridized carbons (Fsp3) is 0.192. The van der Waals surface area contributed by atoms with Crippen LogP contribution in [0.25, 0.3) is 6.08 Å². The van der Waals surface area contributed by atoms with Crippen LogP contribution >= 0.6 is 15.9 Å². The number of nitrogens with zero attached hydrogens (tertiary/aromatic N) is 1. The fourth-order valence-electron chi connectivity index (χ4n) is 4.07. The number of para-hydroxylation sites is 1. The van der Waals surface area contributed by atoms with E-state index in [4.69, 9.17) is 14.2 Å². The topological polar surface area (TPSA) is 48.0 Å². The number of benzene rings is 3. The Kier molecular flexibility index (Phi) is 5.72. The van der Waals surface area contributed by atoms with Gasteiger partial charge in [-0.2, -0.15) is 0 Å². The van der Waals surface area contributed by atoms with E-state index in [2.05, 4.69) is 26.9 Å². The predicted molar refractivity (Wildman–Crippen MR) is 126 cm³/mol. The number of carbonyl (C=O) groups is 1. The van der Waals surface area contributed by atoms with Crippen molar-refractivity contribution in [2.24, 2.45) is 0 Å². The second-order valence-corrected chi connectivity index (χ2v) is 8.62. The number of hydrogen-bond donors (Lipinski definition) is 0. The molecule has 6 heteroatoms. The average Bonchev–Trinajstić information content (AvgIpc) is 3.15. The maximum absolute atomic E-state index is 13.0. The van der Waals surface area contributed by atoms with E-state index in [0.29, 0.717) is 30.3 Å². The van der Waals surface area contributed by atoms with Crippen molar-refractivity contribution in [1.82, 2.24) is 4.90 Å². The summed E-state index contributed by atoms with van der Waals surface area (Å²) in [4.78, 5) is 15.2. The number of hydrogen-bond acceptors (Lipinski definition) is 5. The molecule has 0 saturated carbocycles. The molecule has 0 saturated heterocycles. The van der Waals surface area contributed by atoms with Gasteiger partial charge in [-0.1, -0.05) is 52.3 Å². The minimum absolute atomic E-state index is 0.107. The molecule has 2 aliphatic heterocycles. The molecule has 0 amide bonds. The number of carbonyl (C=O) groups excluding carboxylic acids is 1. The van der Waals surface area contributed by atoms with Gasteiger partial charge in [-0.15, -0.1) is 0 Å². The van der Waals surface area contributed by atoms with Crippen LogP contribution < -0.4 is 14.2 Å². The molecule has 162 valence electrons. The summed E-state index contributed by atoms with van der Waals surface area (Å²) < 4.78 is 18.5. The summed E-state index contributed by atoms with van der Waals surface area (Å²) in [5.41, 5.74) is 3.55. The van der Waals surface area contributed by atoms with Gasteiger partial charge >= 0.3 is 0 Å². The van der Waals surface area contributed by atoms with Crippen LogP contribution in [0.4, 0.5) is 0 Å². The van der Waals surface area contributed by atoms with Gasteiger partial charge in [0.2, 0.25) is 5.78 Å². The van der Waals surface area contributed by atoms with Crippen LogP contribution in [0.3, 0.4) is 0 Å². The quantitative estimate of drug-likeness (QED) is 0.443. The molecule has 0 bridgehead atoms. The lowest BCUT2D eigenvalue weighted by Gasteiger charge is -2.29. The van der Waals surface area contributed by atoms with E-state index >= 15 is 0 Å². The molecule has 0 radical (unpaired) electrons. The molecule has 0 spiro atoms. The first-order valence-electron chi connectivity index (χ1n) is 10.5. The van der Waals surface area contributed by atoms with Gasteiger partial charge in [0.1, 0.15) is 24.0 Å². The summed E-state index contributed by atoms with van der Waals surface area (Å²) in [6, 6.07) is 19.5. The lowest BCUT2D eigenvalue weighted by atomic mass is 10.0. The lowest BCUT2D eigenvalue weighted by Crippen LogP contribution is -2.33. The zero-order valence-corrected chi connectivity index (χ0v) is 19.2. The predicted octanol–water partition coefficient (Wildman–Crippen LogP) is 5.47. The van der Waals surface area contributed by atoms with Crippen molar-refractivity contribution in [2.75, 3.05) is 20.4 Å². The Hall–Kier alpha value is -3.09. The highest BCUT2D eigenvalue weighted by Gasteiger charge is 2.33. The van der Waals surface area contributed by atoms with Crippen molar-refractivity contribution >= 4 is 27.8 Å². The highest BCUT2D eigenvalue weighted by atomic mass is 79.9. The molecule has 5 nitrogen and oxygen atoms in total. The van der Waals surface area contributed by atoms with E-state index in [0.717, 1.165) is 45.6 Å². The molecule has 3 aromatic carbocycles. The van der Waals surface area contributed by atoms with Crippen molar-refractivity contribution in [3.05, 3.63) is 93.1 Å². The molecule has 32 heavy (non-hydrogen) atoms. The molecule has 0 atom stereocenters. The zero-order valence-electron chi connectivity index (χ0n) is 17.6. The summed E-state index contributed by atoms with van der Waals surface area (Å²) in [6.07, 6.45) is 2.62. The van der Waals surface area contributed by atoms with Crippen LogP contribution in [0.5, 0.6) is 17.2 Å². The van der Waals surface area contributed by atoms with E-state index in [1.54, 1.807) is 19.3 Å². The highest BCUT2D eigenvalue weighted by molar-refractivity contribution is 9.10. The van der Waals surface area contributed by atoms with Crippen LogP contribution in [0.1, 0.15) is 27.0 Å². The molecular formula is C26H22BrNO4.